The van der Waals surface area contributed by atoms with E-state index in [4.69, 9.17) is 9.47 Å². The normalized spacial score (nSPS) is 12.6. The predicted molar refractivity (Wildman–Crippen MR) is 113 cm³/mol. The van der Waals surface area contributed by atoms with Crippen LogP contribution in [0.25, 0.3) is 0 Å². The molecule has 1 aliphatic rings. The number of rotatable bonds is 7. The van der Waals surface area contributed by atoms with Crippen molar-refractivity contribution in [2.75, 3.05) is 43.5 Å². The minimum Gasteiger partial charge on any atom is -0.486 e. The molecule has 2 aromatic carbocycles. The number of benzene rings is 2. The van der Waals surface area contributed by atoms with E-state index >= 15 is 0 Å². The molecule has 1 heterocycles. The van der Waals surface area contributed by atoms with Gasteiger partial charge in [-0.25, -0.2) is 0 Å². The van der Waals surface area contributed by atoms with Crippen molar-refractivity contribution in [3.8, 4) is 11.5 Å². The number of likely N-dealkylation sites (N-methyl/N-ethyl adjacent to an activating group) is 1. The van der Waals surface area contributed by atoms with Crippen LogP contribution in [0.4, 0.5) is 11.4 Å². The van der Waals surface area contributed by atoms with Crippen LogP contribution in [-0.2, 0) is 9.59 Å². The minimum absolute atomic E-state index is 0.116. The highest BCUT2D eigenvalue weighted by atomic mass is 16.6. The highest BCUT2D eigenvalue weighted by molar-refractivity contribution is 5.95. The summed E-state index contributed by atoms with van der Waals surface area (Å²) >= 11 is 0. The Balaban J connectivity index is 1.54. The van der Waals surface area contributed by atoms with Crippen molar-refractivity contribution in [1.82, 2.24) is 4.90 Å². The third kappa shape index (κ3) is 5.71. The van der Waals surface area contributed by atoms with Crippen molar-refractivity contribution in [2.45, 2.75) is 20.8 Å². The minimum atomic E-state index is -0.192. The van der Waals surface area contributed by atoms with E-state index in [9.17, 15) is 9.59 Å². The molecular formula is C22H27N3O4. The maximum Gasteiger partial charge on any atom is 0.238 e. The highest BCUT2D eigenvalue weighted by Gasteiger charge is 2.16. The molecule has 0 atom stereocenters. The molecule has 7 heteroatoms. The van der Waals surface area contributed by atoms with Crippen LogP contribution in [-0.4, -0.2) is 49.6 Å². The van der Waals surface area contributed by atoms with Gasteiger partial charge < -0.3 is 20.1 Å². The Kier molecular flexibility index (Phi) is 6.72. The second-order valence-corrected chi connectivity index (χ2v) is 7.08. The number of nitrogens with one attached hydrogen (secondary N) is 2. The largest absolute Gasteiger partial charge is 0.486 e. The first-order chi connectivity index (χ1) is 13.9. The van der Waals surface area contributed by atoms with Crippen LogP contribution in [0.5, 0.6) is 11.5 Å². The van der Waals surface area contributed by atoms with Crippen molar-refractivity contribution in [3.63, 3.8) is 0 Å². The average molecular weight is 397 g/mol. The maximum absolute atomic E-state index is 12.4. The zero-order valence-corrected chi connectivity index (χ0v) is 17.1. The lowest BCUT2D eigenvalue weighted by Gasteiger charge is -2.21. The zero-order chi connectivity index (χ0) is 20.8. The molecule has 3 rings (SSSR count). The summed E-state index contributed by atoms with van der Waals surface area (Å²) in [6, 6.07) is 11.2. The summed E-state index contributed by atoms with van der Waals surface area (Å²) in [7, 11) is 0. The van der Waals surface area contributed by atoms with Gasteiger partial charge >= 0.3 is 0 Å². The number of ether oxygens (including phenoxy) is 2. The van der Waals surface area contributed by atoms with Gasteiger partial charge in [0.15, 0.2) is 11.5 Å². The van der Waals surface area contributed by atoms with Gasteiger partial charge in [0.1, 0.15) is 13.2 Å². The fourth-order valence-electron chi connectivity index (χ4n) is 3.07. The van der Waals surface area contributed by atoms with E-state index in [0.29, 0.717) is 36.9 Å². The molecule has 0 aromatic heterocycles. The van der Waals surface area contributed by atoms with Crippen LogP contribution >= 0.6 is 0 Å². The fraction of sp³-hybridized carbons (Fsp3) is 0.364. The molecule has 7 nitrogen and oxygen atoms in total. The average Bonchev–Trinajstić information content (AvgIpc) is 2.70. The number of nitrogens with zero attached hydrogens (tertiary/aromatic N) is 1. The van der Waals surface area contributed by atoms with Gasteiger partial charge in [-0.15, -0.1) is 0 Å². The summed E-state index contributed by atoms with van der Waals surface area (Å²) in [6.45, 7) is 7.70. The van der Waals surface area contributed by atoms with E-state index in [1.165, 1.54) is 0 Å². The number of anilines is 2. The van der Waals surface area contributed by atoms with Crippen molar-refractivity contribution in [2.24, 2.45) is 0 Å². The smallest absolute Gasteiger partial charge is 0.238 e. The number of amides is 2. The molecule has 0 radical (unpaired) electrons. The van der Waals surface area contributed by atoms with E-state index in [-0.39, 0.29) is 24.9 Å². The lowest BCUT2D eigenvalue weighted by Crippen LogP contribution is -2.38. The zero-order valence-electron chi connectivity index (χ0n) is 17.1. The van der Waals surface area contributed by atoms with Crippen LogP contribution < -0.4 is 20.1 Å². The van der Waals surface area contributed by atoms with Gasteiger partial charge in [-0.1, -0.05) is 19.1 Å². The predicted octanol–water partition coefficient (Wildman–Crippen LogP) is 2.97. The molecule has 2 amide bonds. The number of carbonyl (C=O) groups is 2. The number of hydrogen-bond donors (Lipinski definition) is 2. The summed E-state index contributed by atoms with van der Waals surface area (Å²) < 4.78 is 11.0. The van der Waals surface area contributed by atoms with Gasteiger partial charge in [0.05, 0.1) is 13.1 Å². The molecule has 2 aromatic rings. The monoisotopic (exact) mass is 397 g/mol. The molecule has 0 spiro atoms. The second-order valence-electron chi connectivity index (χ2n) is 7.08. The molecule has 154 valence electrons. The van der Waals surface area contributed by atoms with Crippen LogP contribution in [0.1, 0.15) is 18.1 Å². The Hall–Kier alpha value is -3.06. The highest BCUT2D eigenvalue weighted by Crippen LogP contribution is 2.32. The summed E-state index contributed by atoms with van der Waals surface area (Å²) in [5.74, 6) is 0.956. The van der Waals surface area contributed by atoms with E-state index < -0.39 is 0 Å². The van der Waals surface area contributed by atoms with E-state index in [2.05, 4.69) is 10.6 Å². The molecule has 2 N–H and O–H groups in total. The number of aryl methyl sites for hydroxylation is 2. The molecule has 0 saturated heterocycles. The van der Waals surface area contributed by atoms with Gasteiger partial charge in [-0.05, 0) is 49.7 Å². The Morgan fingerprint density at radius 3 is 2.34 bits per heavy atom. The molecule has 0 saturated carbocycles. The maximum atomic E-state index is 12.4. The Bertz CT molecular complexity index is 898. The van der Waals surface area contributed by atoms with E-state index in [1.54, 1.807) is 23.1 Å². The molecule has 0 fully saturated rings. The van der Waals surface area contributed by atoms with Crippen molar-refractivity contribution < 1.29 is 19.1 Å². The van der Waals surface area contributed by atoms with Gasteiger partial charge in [0, 0.05) is 17.4 Å². The first-order valence-electron chi connectivity index (χ1n) is 9.73. The first kappa shape index (κ1) is 20.7. The van der Waals surface area contributed by atoms with Crippen LogP contribution in [0.2, 0.25) is 0 Å². The van der Waals surface area contributed by atoms with Crippen LogP contribution in [0.3, 0.4) is 0 Å². The van der Waals surface area contributed by atoms with Gasteiger partial charge in [-0.3, -0.25) is 14.5 Å². The molecular weight excluding hydrogens is 370 g/mol. The summed E-state index contributed by atoms with van der Waals surface area (Å²) in [5, 5.41) is 5.78. The summed E-state index contributed by atoms with van der Waals surface area (Å²) in [4.78, 5) is 26.6. The SMILES string of the molecule is CCN(CC(=O)Nc1ccc2c(c1)OCCO2)CC(=O)Nc1cc(C)ccc1C. The molecule has 0 unspecified atom stereocenters. The van der Waals surface area contributed by atoms with E-state index in [1.807, 2.05) is 39.0 Å². The van der Waals surface area contributed by atoms with Crippen molar-refractivity contribution >= 4 is 23.2 Å². The molecule has 0 aliphatic carbocycles. The number of fused-ring (bicyclic) bond motifs is 1. The van der Waals surface area contributed by atoms with Gasteiger partial charge in [-0.2, -0.15) is 0 Å². The summed E-state index contributed by atoms with van der Waals surface area (Å²) in [5.41, 5.74) is 3.52. The fourth-order valence-corrected chi connectivity index (χ4v) is 3.07. The molecule has 0 bridgehead atoms. The van der Waals surface area contributed by atoms with Crippen LogP contribution in [0, 0.1) is 13.8 Å². The Labute approximate surface area is 171 Å². The van der Waals surface area contributed by atoms with Crippen molar-refractivity contribution in [3.05, 3.63) is 47.5 Å². The molecule has 29 heavy (non-hydrogen) atoms. The lowest BCUT2D eigenvalue weighted by molar-refractivity contribution is -0.119. The standard InChI is InChI=1S/C22H27N3O4/c1-4-25(14-22(27)24-18-11-15(2)5-6-16(18)3)13-21(26)23-17-7-8-19-20(12-17)29-10-9-28-19/h5-8,11-12H,4,9-10,13-14H2,1-3H3,(H,23,26)(H,24,27). The quantitative estimate of drug-likeness (QED) is 0.751. The summed E-state index contributed by atoms with van der Waals surface area (Å²) in [6.07, 6.45) is 0. The topological polar surface area (TPSA) is 79.9 Å². The van der Waals surface area contributed by atoms with E-state index in [0.717, 1.165) is 16.8 Å². The third-order valence-electron chi connectivity index (χ3n) is 4.67. The lowest BCUT2D eigenvalue weighted by atomic mass is 10.1. The number of hydrogen-bond acceptors (Lipinski definition) is 5. The second kappa shape index (κ2) is 9.43. The Morgan fingerprint density at radius 2 is 1.62 bits per heavy atom. The first-order valence-corrected chi connectivity index (χ1v) is 9.73. The Morgan fingerprint density at radius 1 is 0.931 bits per heavy atom. The van der Waals surface area contributed by atoms with Crippen molar-refractivity contribution in [1.29, 1.82) is 0 Å². The molecule has 1 aliphatic heterocycles. The number of carbonyl (C=O) groups excluding carboxylic acids is 2. The van der Waals surface area contributed by atoms with Gasteiger partial charge in [0.2, 0.25) is 11.8 Å². The van der Waals surface area contributed by atoms with Crippen LogP contribution in [0.15, 0.2) is 36.4 Å². The third-order valence-corrected chi connectivity index (χ3v) is 4.67. The van der Waals surface area contributed by atoms with Gasteiger partial charge in [0.25, 0.3) is 0 Å².